The quantitative estimate of drug-likeness (QED) is 0.376. The summed E-state index contributed by atoms with van der Waals surface area (Å²) in [4.78, 5) is 27.8. The summed E-state index contributed by atoms with van der Waals surface area (Å²) >= 11 is 0. The minimum Gasteiger partial charge on any atom is -0.349 e. The van der Waals surface area contributed by atoms with Gasteiger partial charge in [0.2, 0.25) is 0 Å². The molecule has 1 aliphatic heterocycles. The van der Waals surface area contributed by atoms with Crippen LogP contribution in [0.4, 0.5) is 0 Å². The predicted octanol–water partition coefficient (Wildman–Crippen LogP) is 3.90. The van der Waals surface area contributed by atoms with Crippen LogP contribution >= 0.6 is 0 Å². The van der Waals surface area contributed by atoms with E-state index in [0.717, 1.165) is 54.6 Å². The average Bonchev–Trinajstić information content (AvgIpc) is 3.49. The number of nitrogens with zero attached hydrogens (tertiary/aromatic N) is 4. The molecule has 34 heavy (non-hydrogen) atoms. The standard InChI is InChI=1S/C26H25N7O/c34-26(28-19-10-12-33(13-11-19)16-17-6-2-1-3-7-17)18-14-20-23(31-32-24(20)27-15-18)25-29-21-8-4-5-9-22(21)30-25/h1-9,14-15,19H,10-13,16H2,(H,28,34)(H,29,30)(H,27,31,32). The van der Waals surface area contributed by atoms with Gasteiger partial charge >= 0.3 is 0 Å². The van der Waals surface area contributed by atoms with Crippen LogP contribution in [0.5, 0.6) is 0 Å². The molecule has 3 N–H and O–H groups in total. The summed E-state index contributed by atoms with van der Waals surface area (Å²) in [5.41, 5.74) is 4.95. The van der Waals surface area contributed by atoms with Crippen molar-refractivity contribution in [3.63, 3.8) is 0 Å². The van der Waals surface area contributed by atoms with Gasteiger partial charge in [0.1, 0.15) is 5.69 Å². The molecule has 0 bridgehead atoms. The number of likely N-dealkylation sites (tertiary alicyclic amines) is 1. The SMILES string of the molecule is O=C(NC1CCN(Cc2ccccc2)CC1)c1cnc2n[nH]c(-c3nc4ccccc4[nH]3)c2c1. The van der Waals surface area contributed by atoms with E-state index in [-0.39, 0.29) is 11.9 Å². The normalized spacial score (nSPS) is 15.2. The monoisotopic (exact) mass is 451 g/mol. The number of aromatic nitrogens is 5. The van der Waals surface area contributed by atoms with E-state index in [2.05, 4.69) is 59.6 Å². The molecular weight excluding hydrogens is 426 g/mol. The number of piperidine rings is 1. The van der Waals surface area contributed by atoms with E-state index in [1.54, 1.807) is 6.20 Å². The molecule has 8 nitrogen and oxygen atoms in total. The van der Waals surface area contributed by atoms with Crippen LogP contribution in [0.3, 0.4) is 0 Å². The molecule has 3 aromatic heterocycles. The maximum absolute atomic E-state index is 13.0. The first-order chi connectivity index (χ1) is 16.7. The highest BCUT2D eigenvalue weighted by atomic mass is 16.1. The molecule has 0 saturated carbocycles. The van der Waals surface area contributed by atoms with Crippen LogP contribution in [0.25, 0.3) is 33.6 Å². The predicted molar refractivity (Wildman–Crippen MR) is 131 cm³/mol. The Bertz CT molecular complexity index is 1420. The maximum Gasteiger partial charge on any atom is 0.253 e. The van der Waals surface area contributed by atoms with E-state index in [0.29, 0.717) is 17.0 Å². The van der Waals surface area contributed by atoms with Crippen molar-refractivity contribution in [1.29, 1.82) is 0 Å². The van der Waals surface area contributed by atoms with Gasteiger partial charge in [-0.3, -0.25) is 14.8 Å². The Kier molecular flexibility index (Phi) is 5.27. The van der Waals surface area contributed by atoms with Gasteiger partial charge in [-0.2, -0.15) is 5.10 Å². The molecule has 6 rings (SSSR count). The third kappa shape index (κ3) is 4.04. The molecule has 170 valence electrons. The number of benzene rings is 2. The van der Waals surface area contributed by atoms with Gasteiger partial charge in [-0.25, -0.2) is 9.97 Å². The molecule has 0 aliphatic carbocycles. The Hall–Kier alpha value is -4.04. The summed E-state index contributed by atoms with van der Waals surface area (Å²) in [5, 5.41) is 11.3. The summed E-state index contributed by atoms with van der Waals surface area (Å²) in [6, 6.07) is 20.4. The Morgan fingerprint density at radius 3 is 2.68 bits per heavy atom. The fourth-order valence-corrected chi connectivity index (χ4v) is 4.62. The van der Waals surface area contributed by atoms with Gasteiger partial charge in [-0.15, -0.1) is 0 Å². The Balaban J connectivity index is 1.15. The summed E-state index contributed by atoms with van der Waals surface area (Å²) < 4.78 is 0. The van der Waals surface area contributed by atoms with Crippen molar-refractivity contribution in [3.05, 3.63) is 78.0 Å². The summed E-state index contributed by atoms with van der Waals surface area (Å²) in [5.74, 6) is 0.571. The molecule has 5 aromatic rings. The topological polar surface area (TPSA) is 103 Å². The van der Waals surface area contributed by atoms with Crippen molar-refractivity contribution in [3.8, 4) is 11.5 Å². The van der Waals surface area contributed by atoms with Gasteiger partial charge in [0.15, 0.2) is 11.5 Å². The maximum atomic E-state index is 13.0. The minimum absolute atomic E-state index is 0.104. The van der Waals surface area contributed by atoms with Crippen LogP contribution in [0, 0.1) is 0 Å². The molecule has 1 amide bonds. The van der Waals surface area contributed by atoms with E-state index in [1.807, 2.05) is 36.4 Å². The van der Waals surface area contributed by atoms with Crippen molar-refractivity contribution in [2.75, 3.05) is 13.1 Å². The highest BCUT2D eigenvalue weighted by Gasteiger charge is 2.22. The van der Waals surface area contributed by atoms with Gasteiger partial charge in [0.25, 0.3) is 5.91 Å². The van der Waals surface area contributed by atoms with Gasteiger partial charge in [-0.1, -0.05) is 42.5 Å². The molecule has 2 aromatic carbocycles. The Morgan fingerprint density at radius 2 is 1.85 bits per heavy atom. The number of rotatable bonds is 5. The first-order valence-corrected chi connectivity index (χ1v) is 11.6. The first kappa shape index (κ1) is 20.6. The lowest BCUT2D eigenvalue weighted by Gasteiger charge is -2.32. The molecule has 0 spiro atoms. The number of hydrogen-bond acceptors (Lipinski definition) is 5. The zero-order chi connectivity index (χ0) is 22.9. The first-order valence-electron chi connectivity index (χ1n) is 11.6. The van der Waals surface area contributed by atoms with E-state index in [1.165, 1.54) is 5.56 Å². The second kappa shape index (κ2) is 8.72. The second-order valence-electron chi connectivity index (χ2n) is 8.81. The number of nitrogens with one attached hydrogen (secondary N) is 3. The van der Waals surface area contributed by atoms with E-state index >= 15 is 0 Å². The van der Waals surface area contributed by atoms with E-state index in [4.69, 9.17) is 0 Å². The minimum atomic E-state index is -0.104. The fourth-order valence-electron chi connectivity index (χ4n) is 4.62. The molecule has 4 heterocycles. The average molecular weight is 452 g/mol. The molecule has 8 heteroatoms. The summed E-state index contributed by atoms with van der Waals surface area (Å²) in [6.45, 7) is 2.89. The molecule has 1 aliphatic rings. The second-order valence-corrected chi connectivity index (χ2v) is 8.81. The molecular formula is C26H25N7O. The summed E-state index contributed by atoms with van der Waals surface area (Å²) in [6.07, 6.45) is 3.46. The van der Waals surface area contributed by atoms with Crippen LogP contribution < -0.4 is 5.32 Å². The van der Waals surface area contributed by atoms with Crippen LogP contribution in [0.2, 0.25) is 0 Å². The largest absolute Gasteiger partial charge is 0.349 e. The highest BCUT2D eigenvalue weighted by molar-refractivity contribution is 6.00. The van der Waals surface area contributed by atoms with Crippen molar-refractivity contribution >= 4 is 28.0 Å². The number of amides is 1. The number of carbonyl (C=O) groups is 1. The third-order valence-corrected chi connectivity index (χ3v) is 6.47. The molecule has 0 atom stereocenters. The molecule has 1 saturated heterocycles. The lowest BCUT2D eigenvalue weighted by Crippen LogP contribution is -2.44. The molecule has 0 radical (unpaired) electrons. The van der Waals surface area contributed by atoms with Crippen LogP contribution in [-0.2, 0) is 6.54 Å². The van der Waals surface area contributed by atoms with Crippen LogP contribution in [0.1, 0.15) is 28.8 Å². The van der Waals surface area contributed by atoms with Gasteiger partial charge in [-0.05, 0) is 36.6 Å². The highest BCUT2D eigenvalue weighted by Crippen LogP contribution is 2.26. The fraction of sp³-hybridized carbons (Fsp3) is 0.231. The number of pyridine rings is 1. The van der Waals surface area contributed by atoms with Gasteiger partial charge < -0.3 is 10.3 Å². The lowest BCUT2D eigenvalue weighted by atomic mass is 10.0. The number of carbonyl (C=O) groups excluding carboxylic acids is 1. The lowest BCUT2D eigenvalue weighted by molar-refractivity contribution is 0.0908. The van der Waals surface area contributed by atoms with Gasteiger partial charge in [0.05, 0.1) is 22.0 Å². The smallest absolute Gasteiger partial charge is 0.253 e. The van der Waals surface area contributed by atoms with Gasteiger partial charge in [0, 0.05) is 31.9 Å². The number of fused-ring (bicyclic) bond motifs is 2. The van der Waals surface area contributed by atoms with Crippen molar-refractivity contribution in [1.82, 2.24) is 35.4 Å². The van der Waals surface area contributed by atoms with Crippen LogP contribution in [-0.4, -0.2) is 55.1 Å². The third-order valence-electron chi connectivity index (χ3n) is 6.47. The van der Waals surface area contributed by atoms with Crippen molar-refractivity contribution in [2.45, 2.75) is 25.4 Å². The number of H-pyrrole nitrogens is 2. The Morgan fingerprint density at radius 1 is 1.06 bits per heavy atom. The van der Waals surface area contributed by atoms with Crippen LogP contribution in [0.15, 0.2) is 66.9 Å². The summed E-state index contributed by atoms with van der Waals surface area (Å²) in [7, 11) is 0. The van der Waals surface area contributed by atoms with E-state index in [9.17, 15) is 4.79 Å². The zero-order valence-electron chi connectivity index (χ0n) is 18.7. The van der Waals surface area contributed by atoms with E-state index < -0.39 is 0 Å². The number of imidazole rings is 1. The molecule has 1 fully saturated rings. The zero-order valence-corrected chi connectivity index (χ0v) is 18.7. The number of para-hydroxylation sites is 2. The van der Waals surface area contributed by atoms with Crippen molar-refractivity contribution < 1.29 is 4.79 Å². The van der Waals surface area contributed by atoms with Crippen molar-refractivity contribution in [2.24, 2.45) is 0 Å². The Labute approximate surface area is 196 Å². The number of aromatic amines is 2. The molecule has 0 unspecified atom stereocenters. The number of hydrogen-bond donors (Lipinski definition) is 3.